The Balaban J connectivity index is 1.39. The first kappa shape index (κ1) is 28.2. The number of carbonyl (C=O) groups excluding carboxylic acids is 3. The van der Waals surface area contributed by atoms with Crippen LogP contribution >= 0.6 is 46.3 Å². The molecule has 2 aliphatic rings. The zero-order chi connectivity index (χ0) is 29.7. The molecule has 0 aliphatic carbocycles. The van der Waals surface area contributed by atoms with Gasteiger partial charge in [0.05, 0.1) is 21.6 Å². The molecule has 0 radical (unpaired) electrons. The summed E-state index contributed by atoms with van der Waals surface area (Å²) in [7, 11) is 0. The van der Waals surface area contributed by atoms with E-state index < -0.39 is 44.6 Å². The third kappa shape index (κ3) is 5.00. The van der Waals surface area contributed by atoms with Gasteiger partial charge in [-0.05, 0) is 54.1 Å². The van der Waals surface area contributed by atoms with Crippen molar-refractivity contribution in [3.63, 3.8) is 0 Å². The number of nitrogens with one attached hydrogen (secondary N) is 1. The van der Waals surface area contributed by atoms with Gasteiger partial charge in [-0.25, -0.2) is 4.90 Å². The normalized spacial score (nSPS) is 19.4. The number of imide groups is 1. The summed E-state index contributed by atoms with van der Waals surface area (Å²) in [5, 5.41) is 14.4. The first-order valence-electron chi connectivity index (χ1n) is 12.5. The zero-order valence-corrected chi connectivity index (χ0v) is 24.4. The number of aromatic nitrogens is 1. The quantitative estimate of drug-likeness (QED) is 0.166. The highest BCUT2D eigenvalue weighted by atomic mass is 35.5. The minimum atomic E-state index is -0.902. The van der Waals surface area contributed by atoms with Crippen LogP contribution in [0.25, 0.3) is 0 Å². The van der Waals surface area contributed by atoms with Crippen LogP contribution in [0, 0.1) is 16.0 Å². The minimum absolute atomic E-state index is 0.174. The molecule has 0 spiro atoms. The molecule has 3 heterocycles. The molecule has 3 amide bonds. The molecule has 42 heavy (non-hydrogen) atoms. The maximum absolute atomic E-state index is 13.9. The first-order valence-corrected chi connectivity index (χ1v) is 14.9. The number of benzene rings is 3. The van der Waals surface area contributed by atoms with Crippen molar-refractivity contribution in [3.05, 3.63) is 113 Å². The SMILES string of the molecule is O=C(Cn1c2c(sc1=O)[C@H](c1ccc(Cl)cc1)C1C(=O)N(c3ccc([N+](=O)[O-])cc3)C(=O)C1S2)Nc1ccc(Cl)cc1. The summed E-state index contributed by atoms with van der Waals surface area (Å²) in [5.41, 5.74) is 1.22. The van der Waals surface area contributed by atoms with Crippen molar-refractivity contribution in [3.8, 4) is 0 Å². The van der Waals surface area contributed by atoms with Gasteiger partial charge in [0.15, 0.2) is 0 Å². The highest BCUT2D eigenvalue weighted by Crippen LogP contribution is 2.54. The van der Waals surface area contributed by atoms with Gasteiger partial charge in [-0.3, -0.25) is 33.9 Å². The van der Waals surface area contributed by atoms with Crippen molar-refractivity contribution >= 4 is 81.1 Å². The number of hydrogen-bond donors (Lipinski definition) is 1. The lowest BCUT2D eigenvalue weighted by molar-refractivity contribution is -0.384. The van der Waals surface area contributed by atoms with Crippen molar-refractivity contribution in [1.82, 2.24) is 4.57 Å². The number of fused-ring (bicyclic) bond motifs is 2. The van der Waals surface area contributed by atoms with Crippen molar-refractivity contribution in [2.45, 2.75) is 22.7 Å². The van der Waals surface area contributed by atoms with Crippen molar-refractivity contribution in [1.29, 1.82) is 0 Å². The summed E-state index contributed by atoms with van der Waals surface area (Å²) in [6.07, 6.45) is 0. The number of thioether (sulfide) groups is 1. The van der Waals surface area contributed by atoms with Crippen LogP contribution in [0.2, 0.25) is 10.0 Å². The number of non-ortho nitro benzene ring substituents is 1. The average Bonchev–Trinajstić information content (AvgIpc) is 3.41. The van der Waals surface area contributed by atoms with E-state index in [9.17, 15) is 29.3 Å². The molecule has 3 aromatic carbocycles. The summed E-state index contributed by atoms with van der Waals surface area (Å²) in [6, 6.07) is 18.5. The second-order valence-electron chi connectivity index (χ2n) is 9.56. The Morgan fingerprint density at radius 3 is 2.14 bits per heavy atom. The van der Waals surface area contributed by atoms with Gasteiger partial charge in [-0.15, -0.1) is 0 Å². The smallest absolute Gasteiger partial charge is 0.308 e. The average molecular weight is 642 g/mol. The maximum atomic E-state index is 13.9. The van der Waals surface area contributed by atoms with E-state index in [1.807, 2.05) is 0 Å². The number of anilines is 2. The molecule has 0 bridgehead atoms. The van der Waals surface area contributed by atoms with Crippen LogP contribution < -0.4 is 15.1 Å². The van der Waals surface area contributed by atoms with E-state index >= 15 is 0 Å². The summed E-state index contributed by atoms with van der Waals surface area (Å²) in [5.74, 6) is -2.97. The number of nitrogens with zero attached hydrogens (tertiary/aromatic N) is 3. The van der Waals surface area contributed by atoms with E-state index in [2.05, 4.69) is 5.32 Å². The molecule has 4 aromatic rings. The van der Waals surface area contributed by atoms with E-state index in [0.717, 1.165) is 28.0 Å². The Kier molecular flexibility index (Phi) is 7.39. The van der Waals surface area contributed by atoms with E-state index in [1.54, 1.807) is 48.5 Å². The molecule has 1 saturated heterocycles. The van der Waals surface area contributed by atoms with Crippen LogP contribution in [-0.2, 0) is 20.9 Å². The third-order valence-corrected chi connectivity index (χ3v) is 10.1. The Labute approximate surface area is 256 Å². The van der Waals surface area contributed by atoms with Crippen molar-refractivity contribution < 1.29 is 19.3 Å². The van der Waals surface area contributed by atoms with E-state index in [-0.39, 0.29) is 17.9 Å². The first-order chi connectivity index (χ1) is 20.1. The number of nitro groups is 1. The Morgan fingerprint density at radius 2 is 1.52 bits per heavy atom. The fraction of sp³-hybridized carbons (Fsp3) is 0.143. The van der Waals surface area contributed by atoms with Gasteiger partial charge >= 0.3 is 4.87 Å². The fourth-order valence-electron chi connectivity index (χ4n) is 5.14. The molecular formula is C28H18Cl2N4O6S2. The van der Waals surface area contributed by atoms with E-state index in [0.29, 0.717) is 31.2 Å². The topological polar surface area (TPSA) is 132 Å². The molecule has 1 N–H and O–H groups in total. The van der Waals surface area contributed by atoms with Gasteiger partial charge < -0.3 is 5.32 Å². The molecule has 6 rings (SSSR count). The molecule has 10 nitrogen and oxygen atoms in total. The number of amides is 3. The van der Waals surface area contributed by atoms with Gasteiger partial charge in [-0.1, -0.05) is 58.4 Å². The predicted octanol–water partition coefficient (Wildman–Crippen LogP) is 5.56. The summed E-state index contributed by atoms with van der Waals surface area (Å²) < 4.78 is 1.32. The van der Waals surface area contributed by atoms with Gasteiger partial charge in [-0.2, -0.15) is 0 Å². The molecule has 2 unspecified atom stereocenters. The summed E-state index contributed by atoms with van der Waals surface area (Å²) in [4.78, 5) is 65.6. The largest absolute Gasteiger partial charge is 0.325 e. The lowest BCUT2D eigenvalue weighted by atomic mass is 9.83. The number of carbonyl (C=O) groups is 3. The Hall–Kier alpha value is -3.97. The standard InChI is InChI=1S/C28H18Cl2N4O6S2/c29-15-3-1-14(2-4-15)21-22-23(26(37)33(25(22)36)18-9-11-19(12-10-18)34(39)40)41-27-24(21)42-28(38)32(27)13-20(35)31-17-7-5-16(30)6-8-17/h1-12,21-23H,13H2,(H,31,35)/t21-,22?,23?/m1/s1. The fourth-order valence-corrected chi connectivity index (χ4v) is 8.16. The Morgan fingerprint density at radius 1 is 0.905 bits per heavy atom. The highest BCUT2D eigenvalue weighted by molar-refractivity contribution is 8.00. The molecule has 1 fully saturated rings. The number of halogens is 2. The van der Waals surface area contributed by atoms with Gasteiger partial charge in [0.1, 0.15) is 11.8 Å². The monoisotopic (exact) mass is 640 g/mol. The third-order valence-electron chi connectivity index (χ3n) is 7.03. The van der Waals surface area contributed by atoms with Crippen LogP contribution in [0.15, 0.2) is 82.6 Å². The van der Waals surface area contributed by atoms with Crippen LogP contribution in [0.4, 0.5) is 17.1 Å². The van der Waals surface area contributed by atoms with Crippen LogP contribution in [0.3, 0.4) is 0 Å². The van der Waals surface area contributed by atoms with Gasteiger partial charge in [0.2, 0.25) is 17.7 Å². The lowest BCUT2D eigenvalue weighted by Crippen LogP contribution is -2.33. The summed E-state index contributed by atoms with van der Waals surface area (Å²) in [6.45, 7) is -0.306. The second-order valence-corrected chi connectivity index (χ2v) is 12.6. The van der Waals surface area contributed by atoms with E-state index in [4.69, 9.17) is 23.2 Å². The molecule has 14 heteroatoms. The number of thiazole rings is 1. The minimum Gasteiger partial charge on any atom is -0.325 e. The molecule has 212 valence electrons. The molecule has 2 aliphatic heterocycles. The molecule has 3 atom stereocenters. The molecule has 1 aromatic heterocycles. The zero-order valence-electron chi connectivity index (χ0n) is 21.2. The molecule has 0 saturated carbocycles. The number of nitro benzene ring substituents is 1. The Bertz CT molecular complexity index is 1810. The lowest BCUT2D eigenvalue weighted by Gasteiger charge is -2.30. The van der Waals surface area contributed by atoms with Crippen molar-refractivity contribution in [2.24, 2.45) is 5.92 Å². The van der Waals surface area contributed by atoms with Gasteiger partial charge in [0.25, 0.3) is 5.69 Å². The highest BCUT2D eigenvalue weighted by Gasteiger charge is 2.56. The second kappa shape index (κ2) is 11.0. The summed E-state index contributed by atoms with van der Waals surface area (Å²) >= 11 is 14.1. The van der Waals surface area contributed by atoms with Crippen LogP contribution in [0.1, 0.15) is 16.4 Å². The van der Waals surface area contributed by atoms with Crippen LogP contribution in [-0.4, -0.2) is 32.5 Å². The number of rotatable bonds is 6. The maximum Gasteiger partial charge on any atom is 0.308 e. The van der Waals surface area contributed by atoms with E-state index in [1.165, 1.54) is 28.8 Å². The van der Waals surface area contributed by atoms with Crippen molar-refractivity contribution in [2.75, 3.05) is 10.2 Å². The molecular weight excluding hydrogens is 623 g/mol. The van der Waals surface area contributed by atoms with Gasteiger partial charge in [0, 0.05) is 38.7 Å². The van der Waals surface area contributed by atoms with Crippen LogP contribution in [0.5, 0.6) is 0 Å². The number of hydrogen-bond acceptors (Lipinski definition) is 8. The predicted molar refractivity (Wildman–Crippen MR) is 161 cm³/mol.